The van der Waals surface area contributed by atoms with E-state index in [1.165, 1.54) is 0 Å². The van der Waals surface area contributed by atoms with Crippen LogP contribution >= 0.6 is 11.8 Å². The summed E-state index contributed by atoms with van der Waals surface area (Å²) in [6, 6.07) is 15.3. The summed E-state index contributed by atoms with van der Waals surface area (Å²) in [7, 11) is 1.62. The zero-order valence-electron chi connectivity index (χ0n) is 14.5. The van der Waals surface area contributed by atoms with E-state index < -0.39 is 0 Å². The van der Waals surface area contributed by atoms with E-state index in [4.69, 9.17) is 4.74 Å². The van der Waals surface area contributed by atoms with Gasteiger partial charge in [-0.25, -0.2) is 0 Å². The maximum atomic E-state index is 12.5. The highest BCUT2D eigenvalue weighted by Crippen LogP contribution is 2.42. The van der Waals surface area contributed by atoms with Crippen molar-refractivity contribution in [2.75, 3.05) is 23.1 Å². The third kappa shape index (κ3) is 3.42. The molecule has 1 aliphatic heterocycles. The largest absolute Gasteiger partial charge is 0.497 e. The van der Waals surface area contributed by atoms with Crippen LogP contribution < -0.4 is 15.0 Å². The second-order valence-corrected chi connectivity index (χ2v) is 7.58. The molecule has 4 rings (SSSR count). The molecule has 26 heavy (non-hydrogen) atoms. The van der Waals surface area contributed by atoms with E-state index in [9.17, 15) is 9.59 Å². The second-order valence-electron chi connectivity index (χ2n) is 6.51. The number of rotatable bonds is 5. The molecule has 0 unspecified atom stereocenters. The number of thioether (sulfide) groups is 1. The van der Waals surface area contributed by atoms with Gasteiger partial charge in [0, 0.05) is 23.4 Å². The average Bonchev–Trinajstić information content (AvgIpc) is 3.45. The van der Waals surface area contributed by atoms with E-state index in [2.05, 4.69) is 5.32 Å². The third-order valence-electron chi connectivity index (χ3n) is 4.61. The minimum absolute atomic E-state index is 0.0808. The molecule has 5 nitrogen and oxygen atoms in total. The maximum absolute atomic E-state index is 12.5. The van der Waals surface area contributed by atoms with Crippen molar-refractivity contribution in [3.05, 3.63) is 54.1 Å². The maximum Gasteiger partial charge on any atom is 0.238 e. The summed E-state index contributed by atoms with van der Waals surface area (Å²) < 4.78 is 5.28. The summed E-state index contributed by atoms with van der Waals surface area (Å²) in [5.74, 6) is 1.54. The van der Waals surface area contributed by atoms with Crippen LogP contribution in [0.4, 0.5) is 11.4 Å². The highest BCUT2D eigenvalue weighted by Gasteiger charge is 2.34. The number of methoxy groups -OCH3 is 1. The van der Waals surface area contributed by atoms with Crippen LogP contribution in [0, 0.1) is 5.92 Å². The predicted octanol–water partition coefficient (Wildman–Crippen LogP) is 3.82. The number of carbonyl (C=O) groups excluding carboxylic acids is 2. The topological polar surface area (TPSA) is 58.6 Å². The van der Waals surface area contributed by atoms with Crippen LogP contribution in [0.3, 0.4) is 0 Å². The number of carbonyl (C=O) groups is 2. The number of ether oxygens (including phenoxy) is 1. The van der Waals surface area contributed by atoms with Crippen molar-refractivity contribution in [2.45, 2.75) is 18.2 Å². The fourth-order valence-electron chi connectivity index (χ4n) is 3.03. The molecule has 134 valence electrons. The Balaban J connectivity index is 1.55. The fourth-order valence-corrected chi connectivity index (χ4v) is 4.21. The molecule has 6 heteroatoms. The molecule has 0 radical (unpaired) electrons. The van der Waals surface area contributed by atoms with Crippen molar-refractivity contribution in [3.8, 4) is 5.75 Å². The molecule has 2 fully saturated rings. The molecule has 2 aromatic carbocycles. The first-order valence-electron chi connectivity index (χ1n) is 8.64. The number of amides is 2. The molecule has 0 bridgehead atoms. The lowest BCUT2D eigenvalue weighted by atomic mass is 10.1. The highest BCUT2D eigenvalue weighted by atomic mass is 32.2. The van der Waals surface area contributed by atoms with E-state index in [0.717, 1.165) is 35.5 Å². The summed E-state index contributed by atoms with van der Waals surface area (Å²) >= 11 is 1.60. The first-order chi connectivity index (χ1) is 12.7. The first kappa shape index (κ1) is 17.0. The minimum atomic E-state index is -0.0808. The predicted molar refractivity (Wildman–Crippen MR) is 103 cm³/mol. The van der Waals surface area contributed by atoms with E-state index in [1.54, 1.807) is 18.9 Å². The van der Waals surface area contributed by atoms with Gasteiger partial charge in [0.1, 0.15) is 11.1 Å². The van der Waals surface area contributed by atoms with E-state index >= 15 is 0 Å². The smallest absolute Gasteiger partial charge is 0.238 e. The first-order valence-corrected chi connectivity index (χ1v) is 9.69. The van der Waals surface area contributed by atoms with Gasteiger partial charge < -0.3 is 10.1 Å². The van der Waals surface area contributed by atoms with Gasteiger partial charge in [0.25, 0.3) is 0 Å². The Morgan fingerprint density at radius 2 is 1.96 bits per heavy atom. The second kappa shape index (κ2) is 7.03. The summed E-state index contributed by atoms with van der Waals surface area (Å²) in [5, 5.41) is 2.86. The van der Waals surface area contributed by atoms with Crippen molar-refractivity contribution in [2.24, 2.45) is 5.92 Å². The number of hydrogen-bond acceptors (Lipinski definition) is 4. The number of anilines is 2. The molecular formula is C20H20N2O3S. The molecule has 1 atom stereocenters. The van der Waals surface area contributed by atoms with Crippen LogP contribution in [0.5, 0.6) is 5.75 Å². The molecule has 2 amide bonds. The summed E-state index contributed by atoms with van der Waals surface area (Å²) in [6.45, 7) is 0. The molecule has 1 N–H and O–H groups in total. The Labute approximate surface area is 156 Å². The molecule has 0 spiro atoms. The summed E-state index contributed by atoms with van der Waals surface area (Å²) in [5.41, 5.74) is 2.66. The lowest BCUT2D eigenvalue weighted by Gasteiger charge is -2.25. The number of hydrogen-bond donors (Lipinski definition) is 1. The van der Waals surface area contributed by atoms with Crippen molar-refractivity contribution in [1.29, 1.82) is 0 Å². The minimum Gasteiger partial charge on any atom is -0.497 e. The highest BCUT2D eigenvalue weighted by molar-refractivity contribution is 8.00. The lowest BCUT2D eigenvalue weighted by molar-refractivity contribution is -0.117. The zero-order chi connectivity index (χ0) is 18.1. The van der Waals surface area contributed by atoms with Gasteiger partial charge in [-0.05, 0) is 42.7 Å². The van der Waals surface area contributed by atoms with E-state index in [0.29, 0.717) is 5.75 Å². The summed E-state index contributed by atoms with van der Waals surface area (Å²) in [4.78, 5) is 26.1. The van der Waals surface area contributed by atoms with Crippen molar-refractivity contribution in [1.82, 2.24) is 0 Å². The Morgan fingerprint density at radius 3 is 2.65 bits per heavy atom. The van der Waals surface area contributed by atoms with Crippen molar-refractivity contribution < 1.29 is 14.3 Å². The SMILES string of the molecule is COc1cccc(N2C(=O)CS[C@H]2c2ccc(NC(=O)C3CC3)cc2)c1. The zero-order valence-corrected chi connectivity index (χ0v) is 15.3. The van der Waals surface area contributed by atoms with Gasteiger partial charge in [0.15, 0.2) is 0 Å². The standard InChI is InChI=1S/C20H20N2O3S/c1-25-17-4-2-3-16(11-17)22-18(23)12-26-20(22)14-7-9-15(10-8-14)21-19(24)13-5-6-13/h2-4,7-11,13,20H,5-6,12H2,1H3,(H,21,24)/t20-/m0/s1. The van der Waals surface area contributed by atoms with Crippen molar-refractivity contribution in [3.63, 3.8) is 0 Å². The van der Waals surface area contributed by atoms with Crippen LogP contribution in [0.1, 0.15) is 23.8 Å². The Hall–Kier alpha value is -2.47. The number of benzene rings is 2. The molecule has 1 saturated carbocycles. The van der Waals surface area contributed by atoms with Crippen LogP contribution in [-0.4, -0.2) is 24.7 Å². The summed E-state index contributed by atoms with van der Waals surface area (Å²) in [6.07, 6.45) is 1.97. The Morgan fingerprint density at radius 1 is 1.19 bits per heavy atom. The monoisotopic (exact) mass is 368 g/mol. The van der Waals surface area contributed by atoms with Crippen LogP contribution in [-0.2, 0) is 9.59 Å². The fraction of sp³-hybridized carbons (Fsp3) is 0.300. The average molecular weight is 368 g/mol. The van der Waals surface area contributed by atoms with Gasteiger partial charge in [-0.1, -0.05) is 18.2 Å². The lowest BCUT2D eigenvalue weighted by Crippen LogP contribution is -2.27. The Bertz CT molecular complexity index is 833. The van der Waals surface area contributed by atoms with E-state index in [1.807, 2.05) is 53.4 Å². The van der Waals surface area contributed by atoms with Gasteiger partial charge in [-0.15, -0.1) is 11.8 Å². The van der Waals surface area contributed by atoms with Crippen LogP contribution in [0.25, 0.3) is 0 Å². The molecule has 2 aromatic rings. The number of nitrogens with zero attached hydrogens (tertiary/aromatic N) is 1. The molecule has 0 aromatic heterocycles. The van der Waals surface area contributed by atoms with Crippen LogP contribution in [0.2, 0.25) is 0 Å². The van der Waals surface area contributed by atoms with Gasteiger partial charge in [0.05, 0.1) is 12.9 Å². The van der Waals surface area contributed by atoms with Gasteiger partial charge in [-0.3, -0.25) is 14.5 Å². The quantitative estimate of drug-likeness (QED) is 0.872. The molecule has 2 aliphatic rings. The van der Waals surface area contributed by atoms with Crippen molar-refractivity contribution >= 4 is 35.0 Å². The molecule has 1 heterocycles. The molecule has 1 saturated heterocycles. The Kier molecular flexibility index (Phi) is 4.59. The third-order valence-corrected chi connectivity index (χ3v) is 5.82. The number of nitrogens with one attached hydrogen (secondary N) is 1. The molecular weight excluding hydrogens is 348 g/mol. The van der Waals surface area contributed by atoms with Crippen LogP contribution in [0.15, 0.2) is 48.5 Å². The van der Waals surface area contributed by atoms with E-state index in [-0.39, 0.29) is 23.1 Å². The molecule has 1 aliphatic carbocycles. The van der Waals surface area contributed by atoms with Gasteiger partial charge in [-0.2, -0.15) is 0 Å². The van der Waals surface area contributed by atoms with Gasteiger partial charge in [0.2, 0.25) is 11.8 Å². The van der Waals surface area contributed by atoms with Gasteiger partial charge >= 0.3 is 0 Å². The normalized spacial score (nSPS) is 19.5.